The summed E-state index contributed by atoms with van der Waals surface area (Å²) in [6.07, 6.45) is 3.15. The number of carbonyl (C=O) groups is 1. The summed E-state index contributed by atoms with van der Waals surface area (Å²) in [5, 5.41) is 2.82. The molecule has 2 aromatic heterocycles. The Balaban J connectivity index is 1.78. The van der Waals surface area contributed by atoms with E-state index >= 15 is 0 Å². The second-order valence-corrected chi connectivity index (χ2v) is 6.59. The van der Waals surface area contributed by atoms with E-state index in [2.05, 4.69) is 15.3 Å². The average molecular weight is 359 g/mol. The second-order valence-electron chi connectivity index (χ2n) is 6.59. The zero-order valence-corrected chi connectivity index (χ0v) is 15.6. The van der Waals surface area contributed by atoms with Crippen molar-refractivity contribution in [1.82, 2.24) is 15.3 Å². The molecule has 0 bridgehead atoms. The highest BCUT2D eigenvalue weighted by Crippen LogP contribution is 2.10. The molecule has 1 N–H and O–H groups in total. The monoisotopic (exact) mass is 359 g/mol. The minimum Gasteiger partial charge on any atom is -0.481 e. The quantitative estimate of drug-likeness (QED) is 0.730. The number of hydrogen-bond donors (Lipinski definition) is 1. The van der Waals surface area contributed by atoms with E-state index in [0.29, 0.717) is 37.1 Å². The normalized spacial score (nSPS) is 11.1. The average Bonchev–Trinajstić information content (AvgIpc) is 2.63. The SMILES string of the molecule is COc1ccc(CNC(=O)c2ccc(OCCOC(C)(C)C)nc2)cn1. The van der Waals surface area contributed by atoms with Crippen molar-refractivity contribution in [2.45, 2.75) is 32.9 Å². The third-order valence-corrected chi connectivity index (χ3v) is 3.33. The molecule has 2 rings (SSSR count). The summed E-state index contributed by atoms with van der Waals surface area (Å²) < 4.78 is 16.1. The lowest BCUT2D eigenvalue weighted by molar-refractivity contribution is -0.0168. The zero-order valence-electron chi connectivity index (χ0n) is 15.6. The maximum absolute atomic E-state index is 12.2. The minimum atomic E-state index is -0.212. The molecule has 140 valence electrons. The van der Waals surface area contributed by atoms with Crippen LogP contribution in [-0.4, -0.2) is 41.8 Å². The number of amides is 1. The van der Waals surface area contributed by atoms with E-state index < -0.39 is 0 Å². The molecule has 0 aliphatic heterocycles. The van der Waals surface area contributed by atoms with Crippen LogP contribution in [0.5, 0.6) is 11.8 Å². The Morgan fingerprint density at radius 3 is 2.35 bits per heavy atom. The van der Waals surface area contributed by atoms with Crippen LogP contribution in [0.1, 0.15) is 36.7 Å². The van der Waals surface area contributed by atoms with Crippen molar-refractivity contribution in [2.24, 2.45) is 0 Å². The van der Waals surface area contributed by atoms with Crippen molar-refractivity contribution in [3.8, 4) is 11.8 Å². The molecule has 0 fully saturated rings. The molecule has 0 atom stereocenters. The van der Waals surface area contributed by atoms with Gasteiger partial charge in [-0.2, -0.15) is 0 Å². The molecule has 2 heterocycles. The fraction of sp³-hybridized carbons (Fsp3) is 0.421. The molecule has 26 heavy (non-hydrogen) atoms. The van der Waals surface area contributed by atoms with Gasteiger partial charge in [0.15, 0.2) is 0 Å². The van der Waals surface area contributed by atoms with Crippen LogP contribution in [0.2, 0.25) is 0 Å². The minimum absolute atomic E-state index is 0.196. The van der Waals surface area contributed by atoms with Gasteiger partial charge in [0, 0.05) is 31.1 Å². The second kappa shape index (κ2) is 9.15. The lowest BCUT2D eigenvalue weighted by Crippen LogP contribution is -2.23. The van der Waals surface area contributed by atoms with Crippen LogP contribution in [-0.2, 0) is 11.3 Å². The van der Waals surface area contributed by atoms with E-state index in [1.807, 2.05) is 26.8 Å². The lowest BCUT2D eigenvalue weighted by Gasteiger charge is -2.19. The van der Waals surface area contributed by atoms with Gasteiger partial charge in [0.2, 0.25) is 11.8 Å². The number of hydrogen-bond acceptors (Lipinski definition) is 6. The molecule has 0 aliphatic carbocycles. The van der Waals surface area contributed by atoms with E-state index in [4.69, 9.17) is 14.2 Å². The number of carbonyl (C=O) groups excluding carboxylic acids is 1. The zero-order chi connectivity index (χ0) is 19.0. The number of nitrogens with one attached hydrogen (secondary N) is 1. The number of rotatable bonds is 8. The van der Waals surface area contributed by atoms with Crippen molar-refractivity contribution >= 4 is 5.91 Å². The standard InChI is InChI=1S/C19H25N3O4/c1-19(2,3)26-10-9-25-17-8-6-15(13-21-17)18(23)22-12-14-5-7-16(24-4)20-11-14/h5-8,11,13H,9-10,12H2,1-4H3,(H,22,23). The van der Waals surface area contributed by atoms with Gasteiger partial charge in [-0.1, -0.05) is 6.07 Å². The van der Waals surface area contributed by atoms with Gasteiger partial charge >= 0.3 is 0 Å². The Morgan fingerprint density at radius 2 is 1.77 bits per heavy atom. The maximum Gasteiger partial charge on any atom is 0.253 e. The molecule has 0 radical (unpaired) electrons. The van der Waals surface area contributed by atoms with Gasteiger partial charge < -0.3 is 19.5 Å². The first-order valence-electron chi connectivity index (χ1n) is 8.37. The van der Waals surface area contributed by atoms with Crippen LogP contribution in [0.4, 0.5) is 0 Å². The number of pyridine rings is 2. The maximum atomic E-state index is 12.2. The van der Waals surface area contributed by atoms with Gasteiger partial charge in [-0.3, -0.25) is 4.79 Å². The van der Waals surface area contributed by atoms with Gasteiger partial charge in [-0.25, -0.2) is 9.97 Å². The third-order valence-electron chi connectivity index (χ3n) is 3.33. The molecule has 0 unspecified atom stereocenters. The summed E-state index contributed by atoms with van der Waals surface area (Å²) >= 11 is 0. The van der Waals surface area contributed by atoms with Crippen molar-refractivity contribution < 1.29 is 19.0 Å². The van der Waals surface area contributed by atoms with Gasteiger partial charge in [-0.15, -0.1) is 0 Å². The summed E-state index contributed by atoms with van der Waals surface area (Å²) in [6, 6.07) is 6.94. The highest BCUT2D eigenvalue weighted by molar-refractivity contribution is 5.93. The molecule has 0 spiro atoms. The van der Waals surface area contributed by atoms with E-state index in [0.717, 1.165) is 5.56 Å². The smallest absolute Gasteiger partial charge is 0.253 e. The van der Waals surface area contributed by atoms with Crippen LogP contribution in [0.25, 0.3) is 0 Å². The van der Waals surface area contributed by atoms with Gasteiger partial charge in [-0.05, 0) is 32.4 Å². The first kappa shape index (κ1) is 19.7. The largest absolute Gasteiger partial charge is 0.481 e. The first-order valence-corrected chi connectivity index (χ1v) is 8.37. The molecule has 0 aromatic carbocycles. The molecular weight excluding hydrogens is 334 g/mol. The molecule has 0 saturated heterocycles. The van der Waals surface area contributed by atoms with E-state index in [-0.39, 0.29) is 11.5 Å². The Labute approximate surface area is 153 Å². The van der Waals surface area contributed by atoms with Gasteiger partial charge in [0.25, 0.3) is 5.91 Å². The number of nitrogens with zero attached hydrogens (tertiary/aromatic N) is 2. The molecule has 1 amide bonds. The Bertz CT molecular complexity index is 694. The highest BCUT2D eigenvalue weighted by Gasteiger charge is 2.10. The highest BCUT2D eigenvalue weighted by atomic mass is 16.5. The molecule has 7 heteroatoms. The number of ether oxygens (including phenoxy) is 3. The van der Waals surface area contributed by atoms with E-state index in [9.17, 15) is 4.79 Å². The van der Waals surface area contributed by atoms with Crippen molar-refractivity contribution in [3.05, 3.63) is 47.8 Å². The summed E-state index contributed by atoms with van der Waals surface area (Å²) in [5.74, 6) is 0.780. The molecular formula is C19H25N3O4. The topological polar surface area (TPSA) is 82.6 Å². The number of aromatic nitrogens is 2. The van der Waals surface area contributed by atoms with Crippen LogP contribution >= 0.6 is 0 Å². The third kappa shape index (κ3) is 6.68. The summed E-state index contributed by atoms with van der Waals surface area (Å²) in [7, 11) is 1.56. The molecule has 0 saturated carbocycles. The van der Waals surface area contributed by atoms with Crippen LogP contribution in [0.15, 0.2) is 36.7 Å². The van der Waals surface area contributed by atoms with Crippen LogP contribution in [0, 0.1) is 0 Å². The van der Waals surface area contributed by atoms with Crippen molar-refractivity contribution in [3.63, 3.8) is 0 Å². The summed E-state index contributed by atoms with van der Waals surface area (Å²) in [4.78, 5) is 20.4. The lowest BCUT2D eigenvalue weighted by atomic mass is 10.2. The molecule has 7 nitrogen and oxygen atoms in total. The Hall–Kier alpha value is -2.67. The van der Waals surface area contributed by atoms with Crippen molar-refractivity contribution in [2.75, 3.05) is 20.3 Å². The van der Waals surface area contributed by atoms with E-state index in [1.54, 1.807) is 31.5 Å². The van der Waals surface area contributed by atoms with Crippen LogP contribution < -0.4 is 14.8 Å². The van der Waals surface area contributed by atoms with E-state index in [1.165, 1.54) is 6.20 Å². The predicted molar refractivity (Wildman–Crippen MR) is 97.4 cm³/mol. The summed E-state index contributed by atoms with van der Waals surface area (Å²) in [5.41, 5.74) is 1.15. The molecule has 0 aliphatic rings. The molecule has 2 aromatic rings. The fourth-order valence-electron chi connectivity index (χ4n) is 2.01. The van der Waals surface area contributed by atoms with Gasteiger partial charge in [0.1, 0.15) is 6.61 Å². The van der Waals surface area contributed by atoms with Gasteiger partial charge in [0.05, 0.1) is 24.9 Å². The Morgan fingerprint density at radius 1 is 1.04 bits per heavy atom. The first-order chi connectivity index (χ1) is 12.4. The predicted octanol–water partition coefficient (Wildman–Crippen LogP) is 2.61. The fourth-order valence-corrected chi connectivity index (χ4v) is 2.01. The Kier molecular flexibility index (Phi) is 6.91. The van der Waals surface area contributed by atoms with Crippen LogP contribution in [0.3, 0.4) is 0 Å². The van der Waals surface area contributed by atoms with Crippen molar-refractivity contribution in [1.29, 1.82) is 0 Å². The summed E-state index contributed by atoms with van der Waals surface area (Å²) in [6.45, 7) is 7.21. The number of methoxy groups -OCH3 is 1.